The molecule has 6 heteroatoms. The lowest BCUT2D eigenvalue weighted by Gasteiger charge is -2.00. The molecule has 2 aromatic rings. The number of rotatable bonds is 3. The van der Waals surface area contributed by atoms with Crippen molar-refractivity contribution in [2.24, 2.45) is 4.99 Å². The van der Waals surface area contributed by atoms with Crippen LogP contribution in [0.2, 0.25) is 0 Å². The number of cyclic esters (lactones) is 1. The lowest BCUT2D eigenvalue weighted by Crippen LogP contribution is -2.05. The van der Waals surface area contributed by atoms with Gasteiger partial charge in [0.25, 0.3) is 0 Å². The van der Waals surface area contributed by atoms with Gasteiger partial charge in [0.05, 0.1) is 0 Å². The molecular formula is C18H12FNO4. The van der Waals surface area contributed by atoms with Crippen molar-refractivity contribution in [3.63, 3.8) is 0 Å². The smallest absolute Gasteiger partial charge is 0.363 e. The van der Waals surface area contributed by atoms with E-state index in [1.54, 1.807) is 30.3 Å². The molecule has 120 valence electrons. The normalized spacial score (nSPS) is 15.2. The van der Waals surface area contributed by atoms with E-state index in [-0.39, 0.29) is 11.6 Å². The summed E-state index contributed by atoms with van der Waals surface area (Å²) in [6.07, 6.45) is 1.53. The van der Waals surface area contributed by atoms with Crippen LogP contribution < -0.4 is 4.74 Å². The van der Waals surface area contributed by atoms with Crippen molar-refractivity contribution in [3.05, 3.63) is 71.2 Å². The third-order valence-corrected chi connectivity index (χ3v) is 3.14. The Kier molecular flexibility index (Phi) is 4.20. The van der Waals surface area contributed by atoms with Gasteiger partial charge in [0, 0.05) is 12.5 Å². The highest BCUT2D eigenvalue weighted by Gasteiger charge is 2.24. The summed E-state index contributed by atoms with van der Waals surface area (Å²) in [6.45, 7) is 1.31. The quantitative estimate of drug-likeness (QED) is 0.494. The summed E-state index contributed by atoms with van der Waals surface area (Å²) in [5.41, 5.74) is 1.17. The Hall–Kier alpha value is -3.28. The first kappa shape index (κ1) is 15.6. The molecular weight excluding hydrogens is 313 g/mol. The minimum Gasteiger partial charge on any atom is -0.427 e. The molecule has 0 saturated heterocycles. The van der Waals surface area contributed by atoms with E-state index in [1.165, 1.54) is 31.2 Å². The Morgan fingerprint density at radius 1 is 1.21 bits per heavy atom. The highest BCUT2D eigenvalue weighted by atomic mass is 19.1. The lowest BCUT2D eigenvalue weighted by molar-refractivity contribution is -0.132. The second kappa shape index (κ2) is 6.45. The maximum absolute atomic E-state index is 13.2. The molecule has 1 aliphatic heterocycles. The van der Waals surface area contributed by atoms with Crippen molar-refractivity contribution >= 4 is 23.9 Å². The molecule has 0 radical (unpaired) electrons. The maximum Gasteiger partial charge on any atom is 0.363 e. The van der Waals surface area contributed by atoms with Crippen molar-refractivity contribution < 1.29 is 23.5 Å². The van der Waals surface area contributed by atoms with Gasteiger partial charge in [-0.1, -0.05) is 18.2 Å². The van der Waals surface area contributed by atoms with Gasteiger partial charge in [-0.25, -0.2) is 14.2 Å². The van der Waals surface area contributed by atoms with E-state index < -0.39 is 17.8 Å². The molecule has 24 heavy (non-hydrogen) atoms. The number of esters is 2. The molecule has 1 heterocycles. The lowest BCUT2D eigenvalue weighted by atomic mass is 10.2. The van der Waals surface area contributed by atoms with Crippen molar-refractivity contribution in [1.82, 2.24) is 0 Å². The molecule has 2 aromatic carbocycles. The Balaban J connectivity index is 1.84. The predicted molar refractivity (Wildman–Crippen MR) is 84.8 cm³/mol. The number of benzene rings is 2. The van der Waals surface area contributed by atoms with Gasteiger partial charge >= 0.3 is 11.9 Å². The van der Waals surface area contributed by atoms with Crippen LogP contribution in [0, 0.1) is 5.82 Å². The highest BCUT2D eigenvalue weighted by molar-refractivity contribution is 6.12. The zero-order valence-electron chi connectivity index (χ0n) is 12.7. The number of halogens is 1. The van der Waals surface area contributed by atoms with Gasteiger partial charge in [-0.05, 0) is 42.0 Å². The number of nitrogens with zero attached hydrogens (tertiary/aromatic N) is 1. The molecule has 0 amide bonds. The van der Waals surface area contributed by atoms with Crippen LogP contribution in [-0.2, 0) is 14.3 Å². The summed E-state index contributed by atoms with van der Waals surface area (Å²) >= 11 is 0. The van der Waals surface area contributed by atoms with Gasteiger partial charge in [0.2, 0.25) is 5.90 Å². The molecule has 0 N–H and O–H groups in total. The second-order valence-electron chi connectivity index (χ2n) is 5.01. The number of carbonyl (C=O) groups excluding carboxylic acids is 2. The molecule has 0 spiro atoms. The second-order valence-corrected chi connectivity index (χ2v) is 5.01. The van der Waals surface area contributed by atoms with Crippen LogP contribution in [0.5, 0.6) is 5.75 Å². The summed E-state index contributed by atoms with van der Waals surface area (Å²) < 4.78 is 23.2. The fourth-order valence-electron chi connectivity index (χ4n) is 2.11. The van der Waals surface area contributed by atoms with Gasteiger partial charge in [0.1, 0.15) is 11.6 Å². The van der Waals surface area contributed by atoms with Crippen molar-refractivity contribution in [3.8, 4) is 5.75 Å². The number of carbonyl (C=O) groups is 2. The van der Waals surface area contributed by atoms with E-state index >= 15 is 0 Å². The fraction of sp³-hybridized carbons (Fsp3) is 0.0556. The SMILES string of the molecule is CC(=O)Oc1ccc(/C=C2/N=C(c3cccc(F)c3)OC2=O)cc1. The Morgan fingerprint density at radius 2 is 1.96 bits per heavy atom. The van der Waals surface area contributed by atoms with E-state index in [2.05, 4.69) is 4.99 Å². The van der Waals surface area contributed by atoms with E-state index in [0.717, 1.165) is 0 Å². The molecule has 1 aliphatic rings. The highest BCUT2D eigenvalue weighted by Crippen LogP contribution is 2.21. The molecule has 0 aromatic heterocycles. The van der Waals surface area contributed by atoms with Gasteiger partial charge in [-0.3, -0.25) is 4.79 Å². The topological polar surface area (TPSA) is 65.0 Å². The van der Waals surface area contributed by atoms with Gasteiger partial charge in [-0.2, -0.15) is 0 Å². The summed E-state index contributed by atoms with van der Waals surface area (Å²) in [6, 6.07) is 12.2. The number of hydrogen-bond acceptors (Lipinski definition) is 5. The molecule has 3 rings (SSSR count). The summed E-state index contributed by atoms with van der Waals surface area (Å²) in [5.74, 6) is -1.00. The number of aliphatic imine (C=N–C) groups is 1. The van der Waals surface area contributed by atoms with Crippen molar-refractivity contribution in [1.29, 1.82) is 0 Å². The monoisotopic (exact) mass is 325 g/mol. The summed E-state index contributed by atoms with van der Waals surface area (Å²) in [4.78, 5) is 26.9. The van der Waals surface area contributed by atoms with Crippen LogP contribution in [0.3, 0.4) is 0 Å². The number of ether oxygens (including phenoxy) is 2. The molecule has 0 saturated carbocycles. The molecule has 0 fully saturated rings. The third kappa shape index (κ3) is 3.55. The van der Waals surface area contributed by atoms with E-state index in [0.29, 0.717) is 16.9 Å². The average molecular weight is 325 g/mol. The van der Waals surface area contributed by atoms with E-state index in [4.69, 9.17) is 9.47 Å². The molecule has 5 nitrogen and oxygen atoms in total. The summed E-state index contributed by atoms with van der Waals surface area (Å²) in [7, 11) is 0. The Morgan fingerprint density at radius 3 is 2.62 bits per heavy atom. The minimum absolute atomic E-state index is 0.0577. The first-order valence-corrected chi connectivity index (χ1v) is 7.08. The zero-order chi connectivity index (χ0) is 17.1. The van der Waals surface area contributed by atoms with Crippen molar-refractivity contribution in [2.45, 2.75) is 6.92 Å². The van der Waals surface area contributed by atoms with Crippen LogP contribution in [0.4, 0.5) is 4.39 Å². The van der Waals surface area contributed by atoms with E-state index in [9.17, 15) is 14.0 Å². The van der Waals surface area contributed by atoms with Gasteiger partial charge in [0.15, 0.2) is 5.70 Å². The van der Waals surface area contributed by atoms with Crippen LogP contribution in [0.15, 0.2) is 59.2 Å². The Labute approximate surface area is 137 Å². The molecule has 0 unspecified atom stereocenters. The average Bonchev–Trinajstić information content (AvgIpc) is 2.90. The van der Waals surface area contributed by atoms with Gasteiger partial charge < -0.3 is 9.47 Å². The molecule has 0 aliphatic carbocycles. The van der Waals surface area contributed by atoms with Crippen LogP contribution in [-0.4, -0.2) is 17.8 Å². The van der Waals surface area contributed by atoms with Crippen LogP contribution in [0.1, 0.15) is 18.1 Å². The standard InChI is InChI=1S/C18H12FNO4/c1-11(21)23-15-7-5-12(6-8-15)9-16-18(22)24-17(20-16)13-3-2-4-14(19)10-13/h2-10H,1H3/b16-9+. The number of hydrogen-bond donors (Lipinski definition) is 0. The molecule has 0 atom stereocenters. The fourth-order valence-corrected chi connectivity index (χ4v) is 2.11. The van der Waals surface area contributed by atoms with Crippen LogP contribution in [0.25, 0.3) is 6.08 Å². The maximum atomic E-state index is 13.2. The third-order valence-electron chi connectivity index (χ3n) is 3.14. The summed E-state index contributed by atoms with van der Waals surface area (Å²) in [5, 5.41) is 0. The zero-order valence-corrected chi connectivity index (χ0v) is 12.7. The Bertz CT molecular complexity index is 869. The first-order valence-electron chi connectivity index (χ1n) is 7.08. The van der Waals surface area contributed by atoms with Crippen LogP contribution >= 0.6 is 0 Å². The first-order chi connectivity index (χ1) is 11.5. The largest absolute Gasteiger partial charge is 0.427 e. The van der Waals surface area contributed by atoms with Gasteiger partial charge in [-0.15, -0.1) is 0 Å². The predicted octanol–water partition coefficient (Wildman–Crippen LogP) is 3.10. The van der Waals surface area contributed by atoms with E-state index in [1.807, 2.05) is 0 Å². The minimum atomic E-state index is -0.613. The van der Waals surface area contributed by atoms with Crippen molar-refractivity contribution in [2.75, 3.05) is 0 Å². The molecule has 0 bridgehead atoms.